The van der Waals surface area contributed by atoms with Gasteiger partial charge in [-0.15, -0.1) is 0 Å². The van der Waals surface area contributed by atoms with Gasteiger partial charge in [-0.05, 0) is 42.8 Å². The van der Waals surface area contributed by atoms with E-state index in [1.165, 1.54) is 15.2 Å². The zero-order chi connectivity index (χ0) is 21.5. The lowest BCUT2D eigenvalue weighted by atomic mass is 10.1. The highest BCUT2D eigenvalue weighted by Crippen LogP contribution is 2.33. The SMILES string of the molecule is Cc1ccc(Cn2c(=O)n(-c3ccc(C#N)c(C(F)(F)F)c3)c3ccccc32)cc1. The summed E-state index contributed by atoms with van der Waals surface area (Å²) in [5.41, 5.74) is 1.16. The van der Waals surface area contributed by atoms with Gasteiger partial charge in [0.2, 0.25) is 0 Å². The second-order valence-electron chi connectivity index (χ2n) is 7.02. The van der Waals surface area contributed by atoms with Crippen molar-refractivity contribution in [3.63, 3.8) is 0 Å². The number of benzene rings is 3. The van der Waals surface area contributed by atoms with E-state index in [9.17, 15) is 18.0 Å². The second kappa shape index (κ2) is 7.23. The maximum Gasteiger partial charge on any atom is 0.417 e. The fourth-order valence-corrected chi connectivity index (χ4v) is 3.49. The molecular weight excluding hydrogens is 391 g/mol. The molecule has 3 aromatic carbocycles. The molecule has 0 radical (unpaired) electrons. The number of hydrogen-bond acceptors (Lipinski definition) is 2. The van der Waals surface area contributed by atoms with Gasteiger partial charge in [-0.25, -0.2) is 4.79 Å². The van der Waals surface area contributed by atoms with E-state index in [0.29, 0.717) is 11.0 Å². The number of nitrogens with zero attached hydrogens (tertiary/aromatic N) is 3. The summed E-state index contributed by atoms with van der Waals surface area (Å²) >= 11 is 0. The van der Waals surface area contributed by atoms with Crippen LogP contribution in [0.15, 0.2) is 71.5 Å². The van der Waals surface area contributed by atoms with E-state index in [2.05, 4.69) is 0 Å². The van der Waals surface area contributed by atoms with Crippen LogP contribution in [0, 0.1) is 18.3 Å². The van der Waals surface area contributed by atoms with Crippen LogP contribution in [0.5, 0.6) is 0 Å². The minimum atomic E-state index is -4.70. The van der Waals surface area contributed by atoms with Gasteiger partial charge < -0.3 is 0 Å². The van der Waals surface area contributed by atoms with Gasteiger partial charge in [0.15, 0.2) is 0 Å². The molecule has 4 nitrogen and oxygen atoms in total. The molecule has 0 amide bonds. The normalized spacial score (nSPS) is 11.6. The van der Waals surface area contributed by atoms with Gasteiger partial charge in [-0.2, -0.15) is 18.4 Å². The Kier molecular flexibility index (Phi) is 4.70. The van der Waals surface area contributed by atoms with Gasteiger partial charge in [-0.1, -0.05) is 42.0 Å². The molecule has 4 rings (SSSR count). The number of halogens is 3. The summed E-state index contributed by atoms with van der Waals surface area (Å²) in [7, 11) is 0. The summed E-state index contributed by atoms with van der Waals surface area (Å²) in [6.45, 7) is 2.25. The van der Waals surface area contributed by atoms with Gasteiger partial charge in [0, 0.05) is 0 Å². The topological polar surface area (TPSA) is 50.7 Å². The number of aromatic nitrogens is 2. The molecule has 0 spiro atoms. The average Bonchev–Trinajstić information content (AvgIpc) is 3.00. The Labute approximate surface area is 170 Å². The molecule has 1 aromatic heterocycles. The summed E-state index contributed by atoms with van der Waals surface area (Å²) in [4.78, 5) is 13.3. The summed E-state index contributed by atoms with van der Waals surface area (Å²) in [6, 6.07) is 19.5. The summed E-state index contributed by atoms with van der Waals surface area (Å²) in [5.74, 6) is 0. The predicted molar refractivity (Wildman–Crippen MR) is 108 cm³/mol. The summed E-state index contributed by atoms with van der Waals surface area (Å²) in [5, 5.41) is 9.03. The molecular formula is C23H16F3N3O. The second-order valence-corrected chi connectivity index (χ2v) is 7.02. The Morgan fingerprint density at radius 2 is 1.63 bits per heavy atom. The molecule has 0 unspecified atom stereocenters. The molecule has 150 valence electrons. The smallest absolute Gasteiger partial charge is 0.287 e. The highest BCUT2D eigenvalue weighted by Gasteiger charge is 2.34. The number of nitriles is 1. The van der Waals surface area contributed by atoms with Crippen molar-refractivity contribution in [2.45, 2.75) is 19.6 Å². The standard InChI is InChI=1S/C23H16F3N3O/c1-15-6-8-16(9-7-15)14-28-20-4-2-3-5-21(20)29(22(28)30)18-11-10-17(13-27)19(12-18)23(24,25)26/h2-12H,14H2,1H3. The first-order chi connectivity index (χ1) is 14.3. The van der Waals surface area contributed by atoms with Crippen molar-refractivity contribution in [3.05, 3.63) is 99.5 Å². The van der Waals surface area contributed by atoms with Gasteiger partial charge >= 0.3 is 11.9 Å². The quantitative estimate of drug-likeness (QED) is 0.478. The number of aryl methyl sites for hydroxylation is 1. The van der Waals surface area contributed by atoms with Crippen LogP contribution in [0.1, 0.15) is 22.3 Å². The molecule has 0 bridgehead atoms. The highest BCUT2D eigenvalue weighted by molar-refractivity contribution is 5.78. The van der Waals surface area contributed by atoms with E-state index in [4.69, 9.17) is 5.26 Å². The molecule has 0 atom stereocenters. The van der Waals surface area contributed by atoms with Gasteiger partial charge in [0.1, 0.15) is 0 Å². The van der Waals surface area contributed by atoms with Crippen LogP contribution < -0.4 is 5.69 Å². The zero-order valence-electron chi connectivity index (χ0n) is 15.9. The molecule has 0 aliphatic rings. The van der Waals surface area contributed by atoms with Crippen LogP contribution in [0.4, 0.5) is 13.2 Å². The number of rotatable bonds is 3. The average molecular weight is 407 g/mol. The fraction of sp³-hybridized carbons (Fsp3) is 0.130. The van der Waals surface area contributed by atoms with Crippen LogP contribution in [0.2, 0.25) is 0 Å². The fourth-order valence-electron chi connectivity index (χ4n) is 3.49. The minimum absolute atomic E-state index is 0.0604. The molecule has 30 heavy (non-hydrogen) atoms. The third kappa shape index (κ3) is 3.37. The molecule has 1 heterocycles. The molecule has 0 saturated heterocycles. The van der Waals surface area contributed by atoms with E-state index >= 15 is 0 Å². The third-order valence-corrected chi connectivity index (χ3v) is 4.98. The van der Waals surface area contributed by atoms with E-state index < -0.39 is 23.0 Å². The lowest BCUT2D eigenvalue weighted by Gasteiger charge is -2.11. The van der Waals surface area contributed by atoms with E-state index in [1.807, 2.05) is 31.2 Å². The summed E-state index contributed by atoms with van der Waals surface area (Å²) < 4.78 is 43.1. The van der Waals surface area contributed by atoms with Gasteiger partial charge in [-0.3, -0.25) is 9.13 Å². The van der Waals surface area contributed by atoms with Crippen molar-refractivity contribution in [1.82, 2.24) is 9.13 Å². The number of imidazole rings is 1. The van der Waals surface area contributed by atoms with Crippen molar-refractivity contribution < 1.29 is 13.2 Å². The molecule has 7 heteroatoms. The number of alkyl halides is 3. The lowest BCUT2D eigenvalue weighted by molar-refractivity contribution is -0.137. The monoisotopic (exact) mass is 407 g/mol. The molecule has 0 saturated carbocycles. The van der Waals surface area contributed by atoms with Crippen molar-refractivity contribution in [2.24, 2.45) is 0 Å². The van der Waals surface area contributed by atoms with Crippen LogP contribution in [0.25, 0.3) is 16.7 Å². The lowest BCUT2D eigenvalue weighted by Crippen LogP contribution is -2.24. The highest BCUT2D eigenvalue weighted by atomic mass is 19.4. The van der Waals surface area contributed by atoms with E-state index in [-0.39, 0.29) is 12.2 Å². The Hall–Kier alpha value is -3.79. The molecule has 0 fully saturated rings. The Bertz CT molecular complexity index is 1340. The Morgan fingerprint density at radius 3 is 2.27 bits per heavy atom. The van der Waals surface area contributed by atoms with Crippen LogP contribution in [0.3, 0.4) is 0 Å². The third-order valence-electron chi connectivity index (χ3n) is 4.98. The van der Waals surface area contributed by atoms with Crippen LogP contribution in [-0.2, 0) is 12.7 Å². The predicted octanol–water partition coefficient (Wildman–Crippen LogP) is 5.04. The first kappa shape index (κ1) is 19.5. The zero-order valence-corrected chi connectivity index (χ0v) is 15.9. The maximum atomic E-state index is 13.4. The summed E-state index contributed by atoms with van der Waals surface area (Å²) in [6.07, 6.45) is -4.70. The number of para-hydroxylation sites is 2. The molecule has 0 aliphatic heterocycles. The van der Waals surface area contributed by atoms with Crippen LogP contribution in [-0.4, -0.2) is 9.13 Å². The molecule has 0 aliphatic carbocycles. The Morgan fingerprint density at radius 1 is 0.967 bits per heavy atom. The van der Waals surface area contributed by atoms with Crippen molar-refractivity contribution in [2.75, 3.05) is 0 Å². The minimum Gasteiger partial charge on any atom is -0.287 e. The maximum absolute atomic E-state index is 13.4. The Balaban J connectivity index is 1.93. The largest absolute Gasteiger partial charge is 0.417 e. The first-order valence-corrected chi connectivity index (χ1v) is 9.17. The number of hydrogen-bond donors (Lipinski definition) is 0. The van der Waals surface area contributed by atoms with Crippen LogP contribution >= 0.6 is 0 Å². The van der Waals surface area contributed by atoms with Crippen molar-refractivity contribution >= 4 is 11.0 Å². The van der Waals surface area contributed by atoms with Crippen molar-refractivity contribution in [3.8, 4) is 11.8 Å². The van der Waals surface area contributed by atoms with Gasteiger partial charge in [0.25, 0.3) is 0 Å². The number of fused-ring (bicyclic) bond motifs is 1. The molecule has 0 N–H and O–H groups in total. The van der Waals surface area contributed by atoms with Gasteiger partial charge in [0.05, 0.1) is 40.5 Å². The molecule has 4 aromatic rings. The first-order valence-electron chi connectivity index (χ1n) is 9.17. The van der Waals surface area contributed by atoms with E-state index in [0.717, 1.165) is 23.3 Å². The van der Waals surface area contributed by atoms with E-state index in [1.54, 1.807) is 30.3 Å². The van der Waals surface area contributed by atoms with Crippen molar-refractivity contribution in [1.29, 1.82) is 5.26 Å².